The second-order valence-electron chi connectivity index (χ2n) is 2.49. The quantitative estimate of drug-likeness (QED) is 0.457. The third-order valence-electron chi connectivity index (χ3n) is 1.48. The van der Waals surface area contributed by atoms with E-state index in [1.54, 1.807) is 35.2 Å². The number of nitro benzene ring substituents is 1. The molecule has 1 heterocycles. The summed E-state index contributed by atoms with van der Waals surface area (Å²) >= 11 is 1.60. The molecule has 0 radical (unpaired) electrons. The smallest absolute Gasteiger partial charge is 0.292 e. The molecule has 1 aromatic carbocycles. The fourth-order valence-corrected chi connectivity index (χ4v) is 1.18. The summed E-state index contributed by atoms with van der Waals surface area (Å²) in [6.45, 7) is 0. The maximum atomic E-state index is 10.1. The lowest BCUT2D eigenvalue weighted by molar-refractivity contribution is -0.383. The SMILES string of the molecule is Nc1ccccc1[N+](=O)[O-].c1cscn1. The molecule has 6 heteroatoms. The summed E-state index contributed by atoms with van der Waals surface area (Å²) in [5, 5.41) is 12.1. The fraction of sp³-hybridized carbons (Fsp3) is 0. The summed E-state index contributed by atoms with van der Waals surface area (Å²) < 4.78 is 0. The number of nitrogens with two attached hydrogens (primary N) is 1. The predicted molar refractivity (Wildman–Crippen MR) is 59.6 cm³/mol. The topological polar surface area (TPSA) is 82.0 Å². The Morgan fingerprint density at radius 1 is 1.40 bits per heavy atom. The van der Waals surface area contributed by atoms with Crippen LogP contribution in [0.3, 0.4) is 0 Å². The number of nitro groups is 1. The molecule has 0 aliphatic rings. The van der Waals surface area contributed by atoms with Crippen molar-refractivity contribution in [3.8, 4) is 0 Å². The van der Waals surface area contributed by atoms with Crippen LogP contribution in [0.4, 0.5) is 11.4 Å². The molecule has 0 unspecified atom stereocenters. The van der Waals surface area contributed by atoms with Gasteiger partial charge < -0.3 is 5.73 Å². The zero-order valence-corrected chi connectivity index (χ0v) is 8.55. The normalized spacial score (nSPS) is 8.80. The van der Waals surface area contributed by atoms with Crippen LogP contribution in [0, 0.1) is 10.1 Å². The highest BCUT2D eigenvalue weighted by atomic mass is 32.1. The van der Waals surface area contributed by atoms with E-state index in [2.05, 4.69) is 4.98 Å². The zero-order chi connectivity index (χ0) is 11.1. The van der Waals surface area contributed by atoms with Crippen LogP contribution in [0.2, 0.25) is 0 Å². The Kier molecular flexibility index (Phi) is 4.24. The van der Waals surface area contributed by atoms with Gasteiger partial charge in [0, 0.05) is 17.6 Å². The van der Waals surface area contributed by atoms with Gasteiger partial charge in [-0.25, -0.2) is 0 Å². The minimum absolute atomic E-state index is 0.0394. The van der Waals surface area contributed by atoms with Crippen LogP contribution >= 0.6 is 11.3 Å². The van der Waals surface area contributed by atoms with E-state index in [1.807, 2.05) is 5.38 Å². The van der Waals surface area contributed by atoms with E-state index < -0.39 is 4.92 Å². The van der Waals surface area contributed by atoms with Crippen molar-refractivity contribution in [1.82, 2.24) is 4.98 Å². The molecule has 5 nitrogen and oxygen atoms in total. The molecule has 15 heavy (non-hydrogen) atoms. The summed E-state index contributed by atoms with van der Waals surface area (Å²) in [6, 6.07) is 6.10. The molecule has 0 atom stereocenters. The lowest BCUT2D eigenvalue weighted by Gasteiger charge is -1.92. The molecule has 2 rings (SSSR count). The Hall–Kier alpha value is -1.95. The first-order valence-electron chi connectivity index (χ1n) is 4.03. The predicted octanol–water partition coefficient (Wildman–Crippen LogP) is 2.32. The van der Waals surface area contributed by atoms with Gasteiger partial charge in [-0.1, -0.05) is 12.1 Å². The van der Waals surface area contributed by atoms with Gasteiger partial charge in [-0.2, -0.15) is 0 Å². The lowest BCUT2D eigenvalue weighted by atomic mass is 10.3. The average molecular weight is 223 g/mol. The van der Waals surface area contributed by atoms with Gasteiger partial charge in [0.2, 0.25) is 0 Å². The summed E-state index contributed by atoms with van der Waals surface area (Å²) in [4.78, 5) is 13.4. The fourth-order valence-electron chi connectivity index (χ4n) is 0.829. The number of hydrogen-bond acceptors (Lipinski definition) is 5. The molecule has 2 N–H and O–H groups in total. The highest BCUT2D eigenvalue weighted by Gasteiger charge is 2.07. The molecule has 0 bridgehead atoms. The third-order valence-corrected chi connectivity index (χ3v) is 2.00. The summed E-state index contributed by atoms with van der Waals surface area (Å²) in [7, 11) is 0. The Balaban J connectivity index is 0.000000187. The maximum Gasteiger partial charge on any atom is 0.292 e. The number of aromatic nitrogens is 1. The largest absolute Gasteiger partial charge is 0.393 e. The van der Waals surface area contributed by atoms with E-state index in [4.69, 9.17) is 5.73 Å². The molecule has 0 aliphatic heterocycles. The van der Waals surface area contributed by atoms with Crippen LogP contribution in [-0.2, 0) is 0 Å². The number of benzene rings is 1. The number of nitrogen functional groups attached to an aromatic ring is 1. The molecule has 0 spiro atoms. The average Bonchev–Trinajstić information content (AvgIpc) is 2.75. The van der Waals surface area contributed by atoms with Gasteiger partial charge in [-0.3, -0.25) is 15.1 Å². The van der Waals surface area contributed by atoms with E-state index in [0.717, 1.165) is 0 Å². The Bertz CT molecular complexity index is 400. The van der Waals surface area contributed by atoms with E-state index in [0.29, 0.717) is 0 Å². The molecule has 0 saturated carbocycles. The van der Waals surface area contributed by atoms with Crippen molar-refractivity contribution < 1.29 is 4.92 Å². The molecule has 1 aromatic heterocycles. The van der Waals surface area contributed by atoms with Crippen molar-refractivity contribution in [3.05, 3.63) is 51.5 Å². The second-order valence-corrected chi connectivity index (χ2v) is 3.25. The van der Waals surface area contributed by atoms with Gasteiger partial charge in [0.05, 0.1) is 10.4 Å². The minimum Gasteiger partial charge on any atom is -0.393 e. The molecular formula is C9H9N3O2S. The Morgan fingerprint density at radius 3 is 2.47 bits per heavy atom. The molecule has 0 aliphatic carbocycles. The summed E-state index contributed by atoms with van der Waals surface area (Å²) in [5.41, 5.74) is 7.23. The van der Waals surface area contributed by atoms with Crippen LogP contribution in [0.1, 0.15) is 0 Å². The summed E-state index contributed by atoms with van der Waals surface area (Å²) in [6.07, 6.45) is 1.77. The Morgan fingerprint density at radius 2 is 2.13 bits per heavy atom. The van der Waals surface area contributed by atoms with E-state index in [9.17, 15) is 10.1 Å². The molecule has 0 fully saturated rings. The highest BCUT2D eigenvalue weighted by Crippen LogP contribution is 2.18. The van der Waals surface area contributed by atoms with Crippen molar-refractivity contribution in [1.29, 1.82) is 0 Å². The lowest BCUT2D eigenvalue weighted by Crippen LogP contribution is -1.93. The molecule has 0 amide bonds. The number of para-hydroxylation sites is 2. The molecular weight excluding hydrogens is 214 g/mol. The first-order chi connectivity index (χ1) is 7.22. The standard InChI is InChI=1S/C6H6N2O2.C3H3NS/c7-5-3-1-2-4-6(5)8(9)10;1-2-5-3-4-1/h1-4H,7H2;1-3H. The van der Waals surface area contributed by atoms with Gasteiger partial charge in [0.1, 0.15) is 5.69 Å². The number of thiazole rings is 1. The van der Waals surface area contributed by atoms with E-state index in [-0.39, 0.29) is 11.4 Å². The van der Waals surface area contributed by atoms with Gasteiger partial charge >= 0.3 is 0 Å². The van der Waals surface area contributed by atoms with Crippen LogP contribution in [0.15, 0.2) is 41.4 Å². The molecule has 0 saturated heterocycles. The maximum absolute atomic E-state index is 10.1. The highest BCUT2D eigenvalue weighted by molar-refractivity contribution is 7.07. The second kappa shape index (κ2) is 5.71. The zero-order valence-electron chi connectivity index (χ0n) is 7.74. The van der Waals surface area contributed by atoms with Crippen LogP contribution < -0.4 is 5.73 Å². The third kappa shape index (κ3) is 3.74. The van der Waals surface area contributed by atoms with Crippen molar-refractivity contribution in [2.45, 2.75) is 0 Å². The van der Waals surface area contributed by atoms with Crippen molar-refractivity contribution >= 4 is 22.7 Å². The van der Waals surface area contributed by atoms with Crippen molar-refractivity contribution in [3.63, 3.8) is 0 Å². The van der Waals surface area contributed by atoms with Crippen molar-refractivity contribution in [2.24, 2.45) is 0 Å². The van der Waals surface area contributed by atoms with Gasteiger partial charge in [0.25, 0.3) is 5.69 Å². The van der Waals surface area contributed by atoms with E-state index in [1.165, 1.54) is 12.1 Å². The molecule has 78 valence electrons. The number of hydrogen-bond donors (Lipinski definition) is 1. The number of nitrogens with zero attached hydrogens (tertiary/aromatic N) is 2. The number of rotatable bonds is 1. The van der Waals surface area contributed by atoms with Crippen LogP contribution in [0.5, 0.6) is 0 Å². The first-order valence-corrected chi connectivity index (χ1v) is 4.97. The van der Waals surface area contributed by atoms with Crippen molar-refractivity contribution in [2.75, 3.05) is 5.73 Å². The first kappa shape index (κ1) is 11.1. The Labute approximate surface area is 90.3 Å². The van der Waals surface area contributed by atoms with Gasteiger partial charge in [-0.05, 0) is 6.07 Å². The number of anilines is 1. The van der Waals surface area contributed by atoms with Crippen LogP contribution in [0.25, 0.3) is 0 Å². The van der Waals surface area contributed by atoms with E-state index >= 15 is 0 Å². The van der Waals surface area contributed by atoms with Gasteiger partial charge in [-0.15, -0.1) is 11.3 Å². The van der Waals surface area contributed by atoms with Crippen LogP contribution in [-0.4, -0.2) is 9.91 Å². The molecule has 2 aromatic rings. The minimum atomic E-state index is -0.505. The monoisotopic (exact) mass is 223 g/mol. The summed E-state index contributed by atoms with van der Waals surface area (Å²) in [5.74, 6) is 0. The van der Waals surface area contributed by atoms with Gasteiger partial charge in [0.15, 0.2) is 0 Å².